The summed E-state index contributed by atoms with van der Waals surface area (Å²) in [7, 11) is 3.16. The summed E-state index contributed by atoms with van der Waals surface area (Å²) in [6.45, 7) is -0.179. The van der Waals surface area contributed by atoms with Crippen LogP contribution >= 0.6 is 0 Å². The van der Waals surface area contributed by atoms with Gasteiger partial charge in [0.25, 0.3) is 5.56 Å². The van der Waals surface area contributed by atoms with E-state index < -0.39 is 35.2 Å². The van der Waals surface area contributed by atoms with Gasteiger partial charge in [-0.15, -0.1) is 0 Å². The minimum absolute atomic E-state index is 0.0249. The van der Waals surface area contributed by atoms with Gasteiger partial charge in [0.05, 0.1) is 12.1 Å². The third-order valence-corrected chi connectivity index (χ3v) is 6.44. The topological polar surface area (TPSA) is 159 Å². The molecule has 0 aliphatic carbocycles. The Kier molecular flexibility index (Phi) is 10.1. The molecule has 0 spiro atoms. The van der Waals surface area contributed by atoms with Gasteiger partial charge in [0, 0.05) is 26.4 Å². The first-order valence-electron chi connectivity index (χ1n) is 13.4. The average Bonchev–Trinajstić information content (AvgIpc) is 3.38. The van der Waals surface area contributed by atoms with Crippen molar-refractivity contribution in [3.05, 3.63) is 100 Å². The molecule has 0 bridgehead atoms. The Morgan fingerprint density at radius 2 is 1.91 bits per heavy atom. The van der Waals surface area contributed by atoms with Crippen LogP contribution in [0.2, 0.25) is 0 Å². The van der Waals surface area contributed by atoms with Crippen LogP contribution in [0.4, 0.5) is 19.3 Å². The molecule has 44 heavy (non-hydrogen) atoms. The van der Waals surface area contributed by atoms with Gasteiger partial charge in [-0.05, 0) is 36.6 Å². The number of carbonyl (C=O) groups excluding carboxylic acids is 2. The molecule has 0 aliphatic heterocycles. The number of nitrogens with zero attached hydrogens (tertiary/aromatic N) is 3. The number of amides is 3. The van der Waals surface area contributed by atoms with Crippen molar-refractivity contribution >= 4 is 34.6 Å². The molecular weight excluding hydrogens is 578 g/mol. The summed E-state index contributed by atoms with van der Waals surface area (Å²) in [5.74, 6) is -3.57. The zero-order chi connectivity index (χ0) is 31.8. The first-order valence-corrected chi connectivity index (χ1v) is 13.4. The number of imidazole rings is 1. The predicted molar refractivity (Wildman–Crippen MR) is 157 cm³/mol. The van der Waals surface area contributed by atoms with E-state index in [0.717, 1.165) is 11.6 Å². The summed E-state index contributed by atoms with van der Waals surface area (Å²) in [6, 6.07) is 11.5. The Labute approximate surface area is 250 Å². The standard InChI is InChI=1S/C30H30F2N6O6/c1-37(2)24(39)13-7-6-11-20(35-30(42)43)28(40)34-21-12-8-14-38(29(21)41)16-23-33-22-15-19(31)25(32)27(26(22)36-23)44-17-18-9-4-3-5-10-18/h3-5,7-10,12-15,20,35H,6,11,16-17H2,1-2H3,(H,33,36)(H,34,40)(H,42,43). The van der Waals surface area contributed by atoms with Crippen LogP contribution in [-0.4, -0.2) is 62.6 Å². The van der Waals surface area contributed by atoms with Crippen molar-refractivity contribution in [3.63, 3.8) is 0 Å². The number of halogens is 2. The molecule has 4 rings (SSSR count). The van der Waals surface area contributed by atoms with Crippen molar-refractivity contribution in [1.82, 2.24) is 24.8 Å². The number of ether oxygens (including phenoxy) is 1. The summed E-state index contributed by atoms with van der Waals surface area (Å²) in [5, 5.41) is 13.7. The highest BCUT2D eigenvalue weighted by Gasteiger charge is 2.22. The summed E-state index contributed by atoms with van der Waals surface area (Å²) >= 11 is 0. The monoisotopic (exact) mass is 608 g/mol. The van der Waals surface area contributed by atoms with E-state index in [1.165, 1.54) is 39.9 Å². The number of allylic oxidation sites excluding steroid dienone is 1. The Morgan fingerprint density at radius 1 is 1.16 bits per heavy atom. The van der Waals surface area contributed by atoms with E-state index in [4.69, 9.17) is 4.74 Å². The fourth-order valence-corrected chi connectivity index (χ4v) is 4.21. The van der Waals surface area contributed by atoms with Crippen LogP contribution in [0.15, 0.2) is 71.7 Å². The Morgan fingerprint density at radius 3 is 2.61 bits per heavy atom. The number of rotatable bonds is 12. The molecule has 3 amide bonds. The van der Waals surface area contributed by atoms with Crippen LogP contribution in [0.5, 0.6) is 5.75 Å². The van der Waals surface area contributed by atoms with Crippen molar-refractivity contribution < 1.29 is 33.0 Å². The second-order valence-electron chi connectivity index (χ2n) is 9.91. The maximum absolute atomic E-state index is 14.7. The van der Waals surface area contributed by atoms with Crippen molar-refractivity contribution in [2.75, 3.05) is 19.4 Å². The lowest BCUT2D eigenvalue weighted by Gasteiger charge is -2.16. The van der Waals surface area contributed by atoms with Gasteiger partial charge >= 0.3 is 6.09 Å². The van der Waals surface area contributed by atoms with E-state index in [2.05, 4.69) is 20.6 Å². The number of benzene rings is 2. The summed E-state index contributed by atoms with van der Waals surface area (Å²) in [6.07, 6.45) is 3.06. The first kappa shape index (κ1) is 31.4. The zero-order valence-electron chi connectivity index (χ0n) is 23.8. The number of aromatic amines is 1. The first-order chi connectivity index (χ1) is 21.0. The molecule has 12 nitrogen and oxygen atoms in total. The number of carboxylic acid groups (broad SMARTS) is 1. The zero-order valence-corrected chi connectivity index (χ0v) is 23.8. The molecule has 0 saturated carbocycles. The SMILES string of the molecule is CN(C)C(=O)C=CCCC(NC(=O)O)C(=O)Nc1cccn(Cc2nc3c(OCc4ccccc4)c(F)c(F)cc3[nH]2)c1=O. The lowest BCUT2D eigenvalue weighted by Crippen LogP contribution is -2.44. The maximum Gasteiger partial charge on any atom is 0.405 e. The predicted octanol–water partition coefficient (Wildman–Crippen LogP) is 3.63. The second kappa shape index (κ2) is 14.1. The molecule has 4 N–H and O–H groups in total. The molecular formula is C30H30F2N6O6. The van der Waals surface area contributed by atoms with Crippen molar-refractivity contribution in [1.29, 1.82) is 0 Å². The minimum atomic E-state index is -1.44. The Bertz CT molecular complexity index is 1750. The molecule has 0 saturated heterocycles. The highest BCUT2D eigenvalue weighted by atomic mass is 19.2. The van der Waals surface area contributed by atoms with Gasteiger partial charge in [-0.3, -0.25) is 14.4 Å². The molecule has 2 heterocycles. The second-order valence-corrected chi connectivity index (χ2v) is 9.91. The van der Waals surface area contributed by atoms with Gasteiger partial charge < -0.3 is 34.9 Å². The van der Waals surface area contributed by atoms with E-state index in [1.807, 2.05) is 6.07 Å². The fraction of sp³-hybridized carbons (Fsp3) is 0.233. The quantitative estimate of drug-likeness (QED) is 0.179. The molecule has 230 valence electrons. The van der Waals surface area contributed by atoms with Crippen molar-refractivity contribution in [3.8, 4) is 5.75 Å². The fourth-order valence-electron chi connectivity index (χ4n) is 4.21. The van der Waals surface area contributed by atoms with Crippen molar-refractivity contribution in [2.24, 2.45) is 0 Å². The number of H-pyrrole nitrogens is 1. The van der Waals surface area contributed by atoms with Crippen LogP contribution in [0.3, 0.4) is 0 Å². The molecule has 1 atom stereocenters. The van der Waals surface area contributed by atoms with Gasteiger partial charge in [-0.25, -0.2) is 14.2 Å². The van der Waals surface area contributed by atoms with Crippen LogP contribution in [0.1, 0.15) is 24.2 Å². The molecule has 0 fully saturated rings. The number of hydrogen-bond acceptors (Lipinski definition) is 6. The third kappa shape index (κ3) is 7.85. The maximum atomic E-state index is 14.7. The number of hydrogen-bond donors (Lipinski definition) is 4. The van der Waals surface area contributed by atoms with Crippen molar-refractivity contribution in [2.45, 2.75) is 32.0 Å². The molecule has 2 aromatic heterocycles. The molecule has 14 heteroatoms. The van der Waals surface area contributed by atoms with E-state index in [1.54, 1.807) is 38.4 Å². The van der Waals surface area contributed by atoms with Crippen LogP contribution in [-0.2, 0) is 22.7 Å². The molecule has 0 aliphatic rings. The molecule has 0 radical (unpaired) electrons. The highest BCUT2D eigenvalue weighted by molar-refractivity contribution is 5.96. The summed E-state index contributed by atoms with van der Waals surface area (Å²) in [5.41, 5.74) is 0.166. The van der Waals surface area contributed by atoms with Gasteiger partial charge in [-0.2, -0.15) is 4.39 Å². The number of nitrogens with one attached hydrogen (secondary N) is 3. The molecule has 1 unspecified atom stereocenters. The number of fused-ring (bicyclic) bond motifs is 1. The third-order valence-electron chi connectivity index (χ3n) is 6.44. The minimum Gasteiger partial charge on any atom is -0.483 e. The number of aromatic nitrogens is 3. The van der Waals surface area contributed by atoms with E-state index in [0.29, 0.717) is 0 Å². The van der Waals surface area contributed by atoms with Crippen LogP contribution < -0.4 is 20.9 Å². The summed E-state index contributed by atoms with van der Waals surface area (Å²) in [4.78, 5) is 57.6. The highest BCUT2D eigenvalue weighted by Crippen LogP contribution is 2.30. The van der Waals surface area contributed by atoms with E-state index in [9.17, 15) is 33.1 Å². The molecule has 4 aromatic rings. The van der Waals surface area contributed by atoms with Gasteiger partial charge in [0.2, 0.25) is 17.6 Å². The molecule has 2 aromatic carbocycles. The normalized spacial score (nSPS) is 11.8. The number of carbonyl (C=O) groups is 3. The number of likely N-dealkylation sites (N-methyl/N-ethyl adjacent to an activating group) is 1. The lowest BCUT2D eigenvalue weighted by molar-refractivity contribution is -0.123. The largest absolute Gasteiger partial charge is 0.483 e. The smallest absolute Gasteiger partial charge is 0.405 e. The van der Waals surface area contributed by atoms with Gasteiger partial charge in [0.1, 0.15) is 29.7 Å². The Hall–Kier alpha value is -5.53. The van der Waals surface area contributed by atoms with Gasteiger partial charge in [-0.1, -0.05) is 36.4 Å². The van der Waals surface area contributed by atoms with Crippen LogP contribution in [0.25, 0.3) is 11.0 Å². The summed E-state index contributed by atoms with van der Waals surface area (Å²) < 4.78 is 35.9. The van der Waals surface area contributed by atoms with Gasteiger partial charge in [0.15, 0.2) is 11.6 Å². The van der Waals surface area contributed by atoms with E-state index >= 15 is 0 Å². The Balaban J connectivity index is 1.51. The number of pyridine rings is 1. The lowest BCUT2D eigenvalue weighted by atomic mass is 10.1. The number of anilines is 1. The average molecular weight is 609 g/mol. The van der Waals surface area contributed by atoms with Crippen LogP contribution in [0, 0.1) is 11.6 Å². The van der Waals surface area contributed by atoms with E-state index in [-0.39, 0.29) is 60.2 Å².